The zero-order valence-corrected chi connectivity index (χ0v) is 11.2. The van der Waals surface area contributed by atoms with Crippen LogP contribution in [0.2, 0.25) is 0 Å². The Labute approximate surface area is 110 Å². The van der Waals surface area contributed by atoms with E-state index in [9.17, 15) is 4.79 Å². The number of nitrogens with zero attached hydrogens (tertiary/aromatic N) is 1. The molecule has 2 rings (SSSR count). The van der Waals surface area contributed by atoms with E-state index < -0.39 is 11.2 Å². The van der Waals surface area contributed by atoms with Gasteiger partial charge in [-0.15, -0.1) is 11.8 Å². The average molecular weight is 261 g/mol. The molecule has 2 aromatic rings. The molecular formula is C14H15NO2S. The van der Waals surface area contributed by atoms with Gasteiger partial charge < -0.3 is 5.11 Å². The zero-order chi connectivity index (χ0) is 13.1. The highest BCUT2D eigenvalue weighted by molar-refractivity contribution is 8.00. The highest BCUT2D eigenvalue weighted by Gasteiger charge is 2.18. The van der Waals surface area contributed by atoms with Crippen molar-refractivity contribution in [3.63, 3.8) is 0 Å². The summed E-state index contributed by atoms with van der Waals surface area (Å²) < 4.78 is 0. The van der Waals surface area contributed by atoms with Crippen molar-refractivity contribution in [1.82, 2.24) is 4.98 Å². The number of aryl methyl sites for hydroxylation is 1. The summed E-state index contributed by atoms with van der Waals surface area (Å²) in [5.41, 5.74) is 1.83. The van der Waals surface area contributed by atoms with Gasteiger partial charge in [0.15, 0.2) is 0 Å². The predicted octanol–water partition coefficient (Wildman–Crippen LogP) is 3.50. The van der Waals surface area contributed by atoms with E-state index >= 15 is 0 Å². The maximum Gasteiger partial charge on any atom is 0.316 e. The lowest BCUT2D eigenvalue weighted by Crippen LogP contribution is -2.14. The number of fused-ring (bicyclic) bond motifs is 1. The second-order valence-corrected chi connectivity index (χ2v) is 5.38. The maximum absolute atomic E-state index is 11.1. The third-order valence-electron chi connectivity index (χ3n) is 2.72. The van der Waals surface area contributed by atoms with Gasteiger partial charge in [0.05, 0.1) is 5.52 Å². The van der Waals surface area contributed by atoms with E-state index in [-0.39, 0.29) is 0 Å². The van der Waals surface area contributed by atoms with E-state index in [4.69, 9.17) is 5.11 Å². The SMILES string of the molecule is CCC(Sc1cc(C)nc2ccccc12)C(=O)O. The van der Waals surface area contributed by atoms with Crippen molar-refractivity contribution >= 4 is 28.6 Å². The molecule has 1 atom stereocenters. The molecule has 1 heterocycles. The Bertz CT molecular complexity index is 583. The molecule has 18 heavy (non-hydrogen) atoms. The first-order chi connectivity index (χ1) is 8.61. The molecule has 0 aliphatic heterocycles. The summed E-state index contributed by atoms with van der Waals surface area (Å²) in [5, 5.41) is 9.75. The molecule has 1 N–H and O–H groups in total. The van der Waals surface area contributed by atoms with Gasteiger partial charge in [-0.25, -0.2) is 0 Å². The highest BCUT2D eigenvalue weighted by Crippen LogP contribution is 2.32. The first-order valence-corrected chi connectivity index (χ1v) is 6.75. The van der Waals surface area contributed by atoms with Crippen LogP contribution in [0.3, 0.4) is 0 Å². The number of hydrogen-bond donors (Lipinski definition) is 1. The van der Waals surface area contributed by atoms with E-state index in [0.717, 1.165) is 21.5 Å². The molecule has 4 heteroatoms. The minimum atomic E-state index is -0.763. The van der Waals surface area contributed by atoms with Gasteiger partial charge in [-0.2, -0.15) is 0 Å². The second-order valence-electron chi connectivity index (χ2n) is 4.13. The second kappa shape index (κ2) is 5.40. The molecule has 0 radical (unpaired) electrons. The molecule has 0 saturated carbocycles. The minimum Gasteiger partial charge on any atom is -0.480 e. The number of rotatable bonds is 4. The fourth-order valence-corrected chi connectivity index (χ4v) is 2.94. The van der Waals surface area contributed by atoms with Gasteiger partial charge >= 0.3 is 5.97 Å². The Morgan fingerprint density at radius 1 is 1.44 bits per heavy atom. The fourth-order valence-electron chi connectivity index (χ4n) is 1.83. The molecular weight excluding hydrogens is 246 g/mol. The number of thioether (sulfide) groups is 1. The van der Waals surface area contributed by atoms with Crippen LogP contribution in [0.15, 0.2) is 35.2 Å². The molecule has 3 nitrogen and oxygen atoms in total. The molecule has 0 aliphatic carbocycles. The van der Waals surface area contributed by atoms with E-state index in [1.807, 2.05) is 44.2 Å². The normalized spacial score (nSPS) is 12.6. The number of aliphatic carboxylic acids is 1. The molecule has 94 valence electrons. The van der Waals surface area contributed by atoms with Crippen LogP contribution < -0.4 is 0 Å². The van der Waals surface area contributed by atoms with E-state index in [2.05, 4.69) is 4.98 Å². The lowest BCUT2D eigenvalue weighted by molar-refractivity contribution is -0.136. The standard InChI is InChI=1S/C14H15NO2S/c1-3-12(14(16)17)18-13-8-9(2)15-11-7-5-4-6-10(11)13/h4-8,12H,3H2,1-2H3,(H,16,17). The zero-order valence-electron chi connectivity index (χ0n) is 10.4. The van der Waals surface area contributed by atoms with Crippen molar-refractivity contribution in [3.05, 3.63) is 36.0 Å². The van der Waals surface area contributed by atoms with Gasteiger partial charge in [0.25, 0.3) is 0 Å². The molecule has 0 aliphatic rings. The summed E-state index contributed by atoms with van der Waals surface area (Å²) in [5.74, 6) is -0.763. The fraction of sp³-hybridized carbons (Fsp3) is 0.286. The highest BCUT2D eigenvalue weighted by atomic mass is 32.2. The number of carbonyl (C=O) groups is 1. The molecule has 1 aromatic heterocycles. The summed E-state index contributed by atoms with van der Waals surface area (Å²) >= 11 is 1.40. The lowest BCUT2D eigenvalue weighted by atomic mass is 10.2. The molecule has 0 spiro atoms. The van der Waals surface area contributed by atoms with E-state index in [0.29, 0.717) is 6.42 Å². The minimum absolute atomic E-state index is 0.407. The third-order valence-corrected chi connectivity index (χ3v) is 4.13. The summed E-state index contributed by atoms with van der Waals surface area (Å²) in [7, 11) is 0. The van der Waals surface area contributed by atoms with Crippen molar-refractivity contribution in [2.24, 2.45) is 0 Å². The van der Waals surface area contributed by atoms with Crippen molar-refractivity contribution in [2.45, 2.75) is 30.4 Å². The predicted molar refractivity (Wildman–Crippen MR) is 74.1 cm³/mol. The lowest BCUT2D eigenvalue weighted by Gasteiger charge is -2.12. The topological polar surface area (TPSA) is 50.2 Å². The summed E-state index contributed by atoms with van der Waals surface area (Å²) in [4.78, 5) is 16.6. The van der Waals surface area contributed by atoms with Crippen LogP contribution in [-0.2, 0) is 4.79 Å². The van der Waals surface area contributed by atoms with Crippen LogP contribution in [-0.4, -0.2) is 21.3 Å². The van der Waals surface area contributed by atoms with E-state index in [1.54, 1.807) is 0 Å². The van der Waals surface area contributed by atoms with Crippen LogP contribution in [0.1, 0.15) is 19.0 Å². The monoisotopic (exact) mass is 261 g/mol. The Morgan fingerprint density at radius 3 is 2.83 bits per heavy atom. The molecule has 1 aromatic carbocycles. The van der Waals surface area contributed by atoms with Gasteiger partial charge in [-0.3, -0.25) is 9.78 Å². The average Bonchev–Trinajstić information content (AvgIpc) is 2.35. The number of para-hydroxylation sites is 1. The van der Waals surface area contributed by atoms with Gasteiger partial charge in [-0.05, 0) is 25.5 Å². The van der Waals surface area contributed by atoms with Crippen molar-refractivity contribution in [2.75, 3.05) is 0 Å². The third kappa shape index (κ3) is 2.64. The van der Waals surface area contributed by atoms with Crippen molar-refractivity contribution in [1.29, 1.82) is 0 Å². The molecule has 0 bridgehead atoms. The summed E-state index contributed by atoms with van der Waals surface area (Å²) in [6, 6.07) is 9.79. The van der Waals surface area contributed by atoms with Crippen LogP contribution >= 0.6 is 11.8 Å². The first kappa shape index (κ1) is 12.9. The summed E-state index contributed by atoms with van der Waals surface area (Å²) in [6.07, 6.45) is 0.607. The van der Waals surface area contributed by atoms with Crippen molar-refractivity contribution in [3.8, 4) is 0 Å². The van der Waals surface area contributed by atoms with Crippen LogP contribution in [0, 0.1) is 6.92 Å². The number of aromatic nitrogens is 1. The quantitative estimate of drug-likeness (QED) is 0.856. The number of hydrogen-bond acceptors (Lipinski definition) is 3. The summed E-state index contributed by atoms with van der Waals surface area (Å²) in [6.45, 7) is 3.82. The van der Waals surface area contributed by atoms with Gasteiger partial charge in [0.2, 0.25) is 0 Å². The number of pyridine rings is 1. The molecule has 0 fully saturated rings. The molecule has 0 saturated heterocycles. The van der Waals surface area contributed by atoms with Crippen LogP contribution in [0.5, 0.6) is 0 Å². The Balaban J connectivity index is 2.46. The van der Waals surface area contributed by atoms with Crippen LogP contribution in [0.25, 0.3) is 10.9 Å². The Morgan fingerprint density at radius 2 is 2.17 bits per heavy atom. The van der Waals surface area contributed by atoms with Crippen molar-refractivity contribution < 1.29 is 9.90 Å². The Kier molecular flexibility index (Phi) is 3.87. The molecule has 1 unspecified atom stereocenters. The number of benzene rings is 1. The Hall–Kier alpha value is -1.55. The molecule has 0 amide bonds. The van der Waals surface area contributed by atoms with Gasteiger partial charge in [0, 0.05) is 16.0 Å². The van der Waals surface area contributed by atoms with Crippen LogP contribution in [0.4, 0.5) is 0 Å². The number of carboxylic acid groups (broad SMARTS) is 1. The number of carboxylic acids is 1. The largest absolute Gasteiger partial charge is 0.480 e. The smallest absolute Gasteiger partial charge is 0.316 e. The van der Waals surface area contributed by atoms with Gasteiger partial charge in [0.1, 0.15) is 5.25 Å². The van der Waals surface area contributed by atoms with E-state index in [1.165, 1.54) is 11.8 Å². The van der Waals surface area contributed by atoms with Gasteiger partial charge in [-0.1, -0.05) is 25.1 Å². The maximum atomic E-state index is 11.1. The first-order valence-electron chi connectivity index (χ1n) is 5.87.